The maximum Gasteiger partial charge on any atom is 0.340 e. The van der Waals surface area contributed by atoms with Crippen molar-refractivity contribution in [3.63, 3.8) is 0 Å². The number of aromatic amines is 1. The van der Waals surface area contributed by atoms with E-state index >= 15 is 0 Å². The summed E-state index contributed by atoms with van der Waals surface area (Å²) in [4.78, 5) is 14.8. The van der Waals surface area contributed by atoms with E-state index in [1.54, 1.807) is 6.07 Å². The van der Waals surface area contributed by atoms with Crippen molar-refractivity contribution < 1.29 is 9.53 Å². The Kier molecular flexibility index (Phi) is 2.64. The van der Waals surface area contributed by atoms with Gasteiger partial charge in [0.1, 0.15) is 0 Å². The SMILES string of the molecule is COC(=O)c1c(C)[nH]c2c(C)c(Cl)ccc12. The van der Waals surface area contributed by atoms with Crippen LogP contribution < -0.4 is 0 Å². The number of carbonyl (C=O) groups excluding carboxylic acids is 1. The van der Waals surface area contributed by atoms with Gasteiger partial charge in [-0.05, 0) is 25.5 Å². The van der Waals surface area contributed by atoms with Crippen LogP contribution in [0.15, 0.2) is 12.1 Å². The Bertz CT molecular complexity index is 572. The molecule has 0 fully saturated rings. The first-order valence-electron chi connectivity index (χ1n) is 4.92. The summed E-state index contributed by atoms with van der Waals surface area (Å²) in [7, 11) is 1.38. The lowest BCUT2D eigenvalue weighted by molar-refractivity contribution is 0.0602. The number of ether oxygens (including phenoxy) is 1. The van der Waals surface area contributed by atoms with E-state index in [9.17, 15) is 4.79 Å². The van der Waals surface area contributed by atoms with Crippen molar-refractivity contribution in [1.29, 1.82) is 0 Å². The molecule has 0 atom stereocenters. The van der Waals surface area contributed by atoms with Crippen molar-refractivity contribution in [3.05, 3.63) is 34.0 Å². The van der Waals surface area contributed by atoms with Crippen LogP contribution in [0.3, 0.4) is 0 Å². The zero-order chi connectivity index (χ0) is 11.9. The normalized spacial score (nSPS) is 10.8. The second kappa shape index (κ2) is 3.83. The number of esters is 1. The third kappa shape index (κ3) is 1.48. The molecular weight excluding hydrogens is 226 g/mol. The molecule has 16 heavy (non-hydrogen) atoms. The van der Waals surface area contributed by atoms with Gasteiger partial charge in [0.05, 0.1) is 18.2 Å². The Labute approximate surface area is 98.4 Å². The molecule has 0 radical (unpaired) electrons. The van der Waals surface area contributed by atoms with Gasteiger partial charge in [-0.3, -0.25) is 0 Å². The minimum atomic E-state index is -0.328. The highest BCUT2D eigenvalue weighted by Crippen LogP contribution is 2.29. The lowest BCUT2D eigenvalue weighted by Crippen LogP contribution is -2.01. The molecule has 2 rings (SSSR count). The number of rotatable bonds is 1. The van der Waals surface area contributed by atoms with Gasteiger partial charge >= 0.3 is 5.97 Å². The molecule has 0 aliphatic heterocycles. The lowest BCUT2D eigenvalue weighted by atomic mass is 10.1. The first-order valence-corrected chi connectivity index (χ1v) is 5.29. The fourth-order valence-electron chi connectivity index (χ4n) is 1.87. The van der Waals surface area contributed by atoms with Crippen LogP contribution in [0.1, 0.15) is 21.6 Å². The molecule has 0 unspecified atom stereocenters. The van der Waals surface area contributed by atoms with Gasteiger partial charge < -0.3 is 9.72 Å². The van der Waals surface area contributed by atoms with Crippen LogP contribution in [0.5, 0.6) is 0 Å². The predicted molar refractivity (Wildman–Crippen MR) is 64.1 cm³/mol. The van der Waals surface area contributed by atoms with E-state index < -0.39 is 0 Å². The molecule has 3 nitrogen and oxygen atoms in total. The maximum absolute atomic E-state index is 11.6. The van der Waals surface area contributed by atoms with E-state index in [0.717, 1.165) is 22.2 Å². The maximum atomic E-state index is 11.6. The number of fused-ring (bicyclic) bond motifs is 1. The van der Waals surface area contributed by atoms with Crippen LogP contribution in [0.25, 0.3) is 10.9 Å². The number of carbonyl (C=O) groups is 1. The first-order chi connectivity index (χ1) is 7.56. The topological polar surface area (TPSA) is 42.1 Å². The number of halogens is 1. The predicted octanol–water partition coefficient (Wildman–Crippen LogP) is 3.22. The molecule has 2 aromatic rings. The average Bonchev–Trinajstić information content (AvgIpc) is 2.60. The van der Waals surface area contributed by atoms with Gasteiger partial charge in [-0.25, -0.2) is 4.79 Å². The van der Waals surface area contributed by atoms with E-state index in [4.69, 9.17) is 16.3 Å². The average molecular weight is 238 g/mol. The van der Waals surface area contributed by atoms with Gasteiger partial charge in [-0.1, -0.05) is 17.7 Å². The fourth-order valence-corrected chi connectivity index (χ4v) is 2.03. The summed E-state index contributed by atoms with van der Waals surface area (Å²) in [6, 6.07) is 3.62. The van der Waals surface area contributed by atoms with Gasteiger partial charge in [0.15, 0.2) is 0 Å². The Morgan fingerprint density at radius 3 is 2.69 bits per heavy atom. The fraction of sp³-hybridized carbons (Fsp3) is 0.250. The van der Waals surface area contributed by atoms with Crippen molar-refractivity contribution >= 4 is 28.5 Å². The third-order valence-electron chi connectivity index (χ3n) is 2.75. The van der Waals surface area contributed by atoms with Crippen LogP contribution in [-0.4, -0.2) is 18.1 Å². The first kappa shape index (κ1) is 11.0. The summed E-state index contributed by atoms with van der Waals surface area (Å²) in [5.41, 5.74) is 3.22. The minimum Gasteiger partial charge on any atom is -0.465 e. The molecule has 1 heterocycles. The number of aromatic nitrogens is 1. The number of methoxy groups -OCH3 is 1. The summed E-state index contributed by atoms with van der Waals surface area (Å²) in [6.45, 7) is 3.77. The Morgan fingerprint density at radius 2 is 2.06 bits per heavy atom. The molecule has 1 aromatic carbocycles. The molecular formula is C12H12ClNO2. The van der Waals surface area contributed by atoms with Gasteiger partial charge in [0.2, 0.25) is 0 Å². The zero-order valence-electron chi connectivity index (χ0n) is 9.35. The third-order valence-corrected chi connectivity index (χ3v) is 3.15. The zero-order valence-corrected chi connectivity index (χ0v) is 10.1. The highest BCUT2D eigenvalue weighted by Gasteiger charge is 2.17. The smallest absolute Gasteiger partial charge is 0.340 e. The molecule has 84 valence electrons. The molecule has 1 N–H and O–H groups in total. The number of H-pyrrole nitrogens is 1. The van der Waals surface area contributed by atoms with E-state index in [-0.39, 0.29) is 5.97 Å². The van der Waals surface area contributed by atoms with E-state index in [2.05, 4.69) is 4.98 Å². The molecule has 0 aliphatic carbocycles. The van der Waals surface area contributed by atoms with E-state index in [0.29, 0.717) is 10.6 Å². The molecule has 0 amide bonds. The van der Waals surface area contributed by atoms with Crippen molar-refractivity contribution in [3.8, 4) is 0 Å². The number of benzene rings is 1. The van der Waals surface area contributed by atoms with Crippen molar-refractivity contribution in [1.82, 2.24) is 4.98 Å². The summed E-state index contributed by atoms with van der Waals surface area (Å²) < 4.78 is 4.76. The molecule has 0 bridgehead atoms. The molecule has 0 aliphatic rings. The van der Waals surface area contributed by atoms with E-state index in [1.165, 1.54) is 7.11 Å². The Hall–Kier alpha value is -1.48. The van der Waals surface area contributed by atoms with Gasteiger partial charge in [0.25, 0.3) is 0 Å². The van der Waals surface area contributed by atoms with Crippen molar-refractivity contribution in [2.75, 3.05) is 7.11 Å². The second-order valence-corrected chi connectivity index (χ2v) is 4.12. The van der Waals surface area contributed by atoms with Crippen molar-refractivity contribution in [2.45, 2.75) is 13.8 Å². The number of nitrogens with one attached hydrogen (secondary N) is 1. The number of hydrogen-bond acceptors (Lipinski definition) is 2. The number of aryl methyl sites for hydroxylation is 2. The molecule has 0 saturated heterocycles. The quantitative estimate of drug-likeness (QED) is 0.774. The minimum absolute atomic E-state index is 0.328. The Morgan fingerprint density at radius 1 is 1.38 bits per heavy atom. The van der Waals surface area contributed by atoms with Crippen LogP contribution in [0, 0.1) is 13.8 Å². The van der Waals surface area contributed by atoms with Crippen LogP contribution >= 0.6 is 11.6 Å². The van der Waals surface area contributed by atoms with Gasteiger partial charge in [-0.2, -0.15) is 0 Å². The highest BCUT2D eigenvalue weighted by molar-refractivity contribution is 6.32. The summed E-state index contributed by atoms with van der Waals surface area (Å²) in [6.07, 6.45) is 0. The summed E-state index contributed by atoms with van der Waals surface area (Å²) in [5.74, 6) is -0.328. The van der Waals surface area contributed by atoms with Crippen LogP contribution in [0.4, 0.5) is 0 Å². The molecule has 0 saturated carbocycles. The van der Waals surface area contributed by atoms with Crippen molar-refractivity contribution in [2.24, 2.45) is 0 Å². The monoisotopic (exact) mass is 237 g/mol. The largest absolute Gasteiger partial charge is 0.465 e. The van der Waals surface area contributed by atoms with E-state index in [1.807, 2.05) is 19.9 Å². The summed E-state index contributed by atoms with van der Waals surface area (Å²) in [5, 5.41) is 1.54. The lowest BCUT2D eigenvalue weighted by Gasteiger charge is -2.00. The number of hydrogen-bond donors (Lipinski definition) is 1. The second-order valence-electron chi connectivity index (χ2n) is 3.71. The van der Waals surface area contributed by atoms with Crippen LogP contribution in [-0.2, 0) is 4.74 Å². The van der Waals surface area contributed by atoms with Gasteiger partial charge in [-0.15, -0.1) is 0 Å². The standard InChI is InChI=1S/C12H12ClNO2/c1-6-9(13)5-4-8-10(12(15)16-3)7(2)14-11(6)8/h4-5,14H,1-3H3. The highest BCUT2D eigenvalue weighted by atomic mass is 35.5. The molecule has 4 heteroatoms. The molecule has 1 aromatic heterocycles. The van der Waals surface area contributed by atoms with Gasteiger partial charge in [0, 0.05) is 16.1 Å². The van der Waals surface area contributed by atoms with Crippen LogP contribution in [0.2, 0.25) is 5.02 Å². The summed E-state index contributed by atoms with van der Waals surface area (Å²) >= 11 is 6.03. The Balaban J connectivity index is 2.82. The molecule has 0 spiro atoms.